The van der Waals surface area contributed by atoms with Gasteiger partial charge in [-0.25, -0.2) is 4.98 Å². The molecule has 82 valence electrons. The van der Waals surface area contributed by atoms with E-state index in [0.29, 0.717) is 25.0 Å². The van der Waals surface area contributed by atoms with Crippen molar-refractivity contribution in [1.82, 2.24) is 9.97 Å². The Bertz CT molecular complexity index is 598. The molecule has 0 amide bonds. The van der Waals surface area contributed by atoms with Gasteiger partial charge in [0.15, 0.2) is 0 Å². The van der Waals surface area contributed by atoms with E-state index in [2.05, 4.69) is 9.97 Å². The third-order valence-electron chi connectivity index (χ3n) is 1.94. The first-order valence-electron chi connectivity index (χ1n) is 4.28. The molecular weight excluding hydrogens is 362 g/mol. The molecule has 0 unspecified atom stereocenters. The fourth-order valence-electron chi connectivity index (χ4n) is 1.20. The molecule has 0 saturated carbocycles. The van der Waals surface area contributed by atoms with Crippen LogP contribution in [-0.2, 0) is 0 Å². The molecule has 1 aromatic carbocycles. The number of benzene rings is 1. The molecule has 0 bridgehead atoms. The zero-order valence-corrected chi connectivity index (χ0v) is 11.5. The summed E-state index contributed by atoms with van der Waals surface area (Å²) in [6.45, 7) is 0. The molecule has 0 radical (unpaired) electrons. The van der Waals surface area contributed by atoms with Crippen LogP contribution < -0.4 is 5.56 Å². The Labute approximate surface area is 115 Å². The molecule has 1 aromatic heterocycles. The van der Waals surface area contributed by atoms with Gasteiger partial charge in [-0.15, -0.1) is 0 Å². The number of aromatic amines is 1. The summed E-state index contributed by atoms with van der Waals surface area (Å²) < 4.78 is 0.534. The van der Waals surface area contributed by atoms with E-state index in [1.165, 1.54) is 6.20 Å². The minimum atomic E-state index is -0.184. The van der Waals surface area contributed by atoms with Crippen molar-refractivity contribution in [1.29, 1.82) is 0 Å². The quantitative estimate of drug-likeness (QED) is 0.786. The Balaban J connectivity index is 2.59. The van der Waals surface area contributed by atoms with Gasteiger partial charge >= 0.3 is 0 Å². The van der Waals surface area contributed by atoms with Crippen LogP contribution >= 0.6 is 45.8 Å². The SMILES string of the molecule is O=c1[nH]c(-c2ccc(Cl)cc2Cl)ncc1I. The molecule has 0 aliphatic heterocycles. The molecule has 16 heavy (non-hydrogen) atoms. The lowest BCUT2D eigenvalue weighted by Gasteiger charge is -2.03. The standard InChI is InChI=1S/C10H5Cl2IN2O/c11-5-1-2-6(7(12)3-5)9-14-4-8(13)10(16)15-9/h1-4H,(H,14,15,16). The van der Waals surface area contributed by atoms with Gasteiger partial charge in [0, 0.05) is 16.8 Å². The number of hydrogen-bond acceptors (Lipinski definition) is 2. The number of nitrogens with one attached hydrogen (secondary N) is 1. The van der Waals surface area contributed by atoms with Crippen LogP contribution in [0.1, 0.15) is 0 Å². The van der Waals surface area contributed by atoms with E-state index in [1.54, 1.807) is 18.2 Å². The second kappa shape index (κ2) is 4.73. The maximum atomic E-state index is 11.4. The normalized spacial score (nSPS) is 10.4. The van der Waals surface area contributed by atoms with Gasteiger partial charge in [0.2, 0.25) is 0 Å². The van der Waals surface area contributed by atoms with Gasteiger partial charge in [-0.1, -0.05) is 23.2 Å². The van der Waals surface area contributed by atoms with Crippen LogP contribution in [0.5, 0.6) is 0 Å². The molecule has 0 fully saturated rings. The first-order valence-corrected chi connectivity index (χ1v) is 6.11. The van der Waals surface area contributed by atoms with Crippen LogP contribution in [0.15, 0.2) is 29.2 Å². The molecule has 0 aliphatic rings. The van der Waals surface area contributed by atoms with E-state index in [0.717, 1.165) is 0 Å². The highest BCUT2D eigenvalue weighted by atomic mass is 127. The van der Waals surface area contributed by atoms with Crippen LogP contribution in [0.2, 0.25) is 10.0 Å². The third-order valence-corrected chi connectivity index (χ3v) is 3.26. The van der Waals surface area contributed by atoms with E-state index < -0.39 is 0 Å². The molecule has 2 rings (SSSR count). The summed E-state index contributed by atoms with van der Waals surface area (Å²) in [5, 5.41) is 0.999. The Morgan fingerprint density at radius 2 is 2.06 bits per heavy atom. The number of halogens is 3. The summed E-state index contributed by atoms with van der Waals surface area (Å²) in [4.78, 5) is 18.2. The lowest BCUT2D eigenvalue weighted by Crippen LogP contribution is -2.11. The van der Waals surface area contributed by atoms with Crippen LogP contribution in [0.3, 0.4) is 0 Å². The highest BCUT2D eigenvalue weighted by Crippen LogP contribution is 2.27. The largest absolute Gasteiger partial charge is 0.306 e. The summed E-state index contributed by atoms with van der Waals surface area (Å²) in [5.41, 5.74) is 0.469. The molecule has 0 aliphatic carbocycles. The van der Waals surface area contributed by atoms with Gasteiger partial charge in [-0.05, 0) is 40.8 Å². The van der Waals surface area contributed by atoms with Crippen LogP contribution in [0, 0.1) is 3.57 Å². The molecule has 2 aromatic rings. The second-order valence-electron chi connectivity index (χ2n) is 3.03. The summed E-state index contributed by atoms with van der Waals surface area (Å²) in [7, 11) is 0. The van der Waals surface area contributed by atoms with E-state index in [4.69, 9.17) is 23.2 Å². The number of hydrogen-bond donors (Lipinski definition) is 1. The molecular formula is C10H5Cl2IN2O. The fraction of sp³-hybridized carbons (Fsp3) is 0. The van der Waals surface area contributed by atoms with E-state index in [-0.39, 0.29) is 5.56 Å². The van der Waals surface area contributed by atoms with Crippen molar-refractivity contribution in [3.05, 3.63) is 48.4 Å². The van der Waals surface area contributed by atoms with Crippen molar-refractivity contribution < 1.29 is 0 Å². The van der Waals surface area contributed by atoms with Gasteiger partial charge in [0.25, 0.3) is 5.56 Å². The van der Waals surface area contributed by atoms with E-state index in [1.807, 2.05) is 22.6 Å². The molecule has 1 heterocycles. The first kappa shape index (κ1) is 11.9. The first-order chi connectivity index (χ1) is 7.58. The summed E-state index contributed by atoms with van der Waals surface area (Å²) >= 11 is 13.7. The van der Waals surface area contributed by atoms with Gasteiger partial charge in [-0.3, -0.25) is 4.79 Å². The minimum Gasteiger partial charge on any atom is -0.306 e. The third kappa shape index (κ3) is 2.39. The van der Waals surface area contributed by atoms with Crippen molar-refractivity contribution in [3.8, 4) is 11.4 Å². The molecule has 0 spiro atoms. The number of H-pyrrole nitrogens is 1. The highest BCUT2D eigenvalue weighted by Gasteiger charge is 2.07. The topological polar surface area (TPSA) is 45.8 Å². The van der Waals surface area contributed by atoms with Crippen molar-refractivity contribution in [3.63, 3.8) is 0 Å². The Morgan fingerprint density at radius 1 is 1.31 bits per heavy atom. The Hall–Kier alpha value is -0.590. The van der Waals surface area contributed by atoms with Crippen molar-refractivity contribution >= 4 is 45.8 Å². The average molecular weight is 367 g/mol. The summed E-state index contributed by atoms with van der Waals surface area (Å²) in [6.07, 6.45) is 1.50. The highest BCUT2D eigenvalue weighted by molar-refractivity contribution is 14.1. The molecule has 0 saturated heterocycles. The Kier molecular flexibility index (Phi) is 3.51. The van der Waals surface area contributed by atoms with Crippen molar-refractivity contribution in [2.45, 2.75) is 0 Å². The smallest absolute Gasteiger partial charge is 0.264 e. The Morgan fingerprint density at radius 3 is 2.69 bits per heavy atom. The van der Waals surface area contributed by atoms with Crippen LogP contribution in [-0.4, -0.2) is 9.97 Å². The molecule has 1 N–H and O–H groups in total. The number of aromatic nitrogens is 2. The summed E-state index contributed by atoms with van der Waals surface area (Å²) in [6, 6.07) is 5.02. The zero-order chi connectivity index (χ0) is 11.7. The van der Waals surface area contributed by atoms with Gasteiger partial charge in [0.1, 0.15) is 5.82 Å². The number of nitrogens with zero attached hydrogens (tertiary/aromatic N) is 1. The predicted octanol–water partition coefficient (Wildman–Crippen LogP) is 3.35. The fourth-order valence-corrected chi connectivity index (χ4v) is 1.97. The van der Waals surface area contributed by atoms with E-state index in [9.17, 15) is 4.79 Å². The van der Waals surface area contributed by atoms with Gasteiger partial charge < -0.3 is 4.98 Å². The predicted molar refractivity (Wildman–Crippen MR) is 73.0 cm³/mol. The monoisotopic (exact) mass is 366 g/mol. The maximum Gasteiger partial charge on any atom is 0.264 e. The summed E-state index contributed by atoms with van der Waals surface area (Å²) in [5.74, 6) is 0.437. The lowest BCUT2D eigenvalue weighted by molar-refractivity contribution is 1.11. The second-order valence-corrected chi connectivity index (χ2v) is 5.04. The van der Waals surface area contributed by atoms with Crippen molar-refractivity contribution in [2.24, 2.45) is 0 Å². The maximum absolute atomic E-state index is 11.4. The van der Waals surface area contributed by atoms with Crippen molar-refractivity contribution in [2.75, 3.05) is 0 Å². The molecule has 0 atom stereocenters. The lowest BCUT2D eigenvalue weighted by atomic mass is 10.2. The average Bonchev–Trinajstić information content (AvgIpc) is 2.22. The van der Waals surface area contributed by atoms with E-state index >= 15 is 0 Å². The minimum absolute atomic E-state index is 0.184. The zero-order valence-electron chi connectivity index (χ0n) is 7.80. The number of rotatable bonds is 1. The van der Waals surface area contributed by atoms with Crippen LogP contribution in [0.25, 0.3) is 11.4 Å². The van der Waals surface area contributed by atoms with Gasteiger partial charge in [0.05, 0.1) is 8.59 Å². The molecule has 3 nitrogen and oxygen atoms in total. The van der Waals surface area contributed by atoms with Gasteiger partial charge in [-0.2, -0.15) is 0 Å². The molecule has 6 heteroatoms. The van der Waals surface area contributed by atoms with Crippen LogP contribution in [0.4, 0.5) is 0 Å².